The molecule has 10 nitrogen and oxygen atoms in total. The van der Waals surface area contributed by atoms with Crippen molar-refractivity contribution in [1.82, 2.24) is 10.6 Å². The van der Waals surface area contributed by atoms with Gasteiger partial charge in [0.2, 0.25) is 11.8 Å². The fraction of sp³-hybridized carbons (Fsp3) is 0.381. The summed E-state index contributed by atoms with van der Waals surface area (Å²) >= 11 is 0.977. The van der Waals surface area contributed by atoms with Gasteiger partial charge < -0.3 is 24.8 Å². The zero-order chi connectivity index (χ0) is 23.7. The second-order valence-corrected chi connectivity index (χ2v) is 7.55. The number of esters is 2. The number of nitrogens with one attached hydrogen (secondary N) is 2. The third kappa shape index (κ3) is 5.87. The van der Waals surface area contributed by atoms with Crippen LogP contribution in [0.5, 0.6) is 0 Å². The molecule has 1 aliphatic rings. The predicted octanol–water partition coefficient (Wildman–Crippen LogP) is 0.707. The highest BCUT2D eigenvalue weighted by atomic mass is 32.2. The van der Waals surface area contributed by atoms with E-state index in [1.165, 1.54) is 26.4 Å². The van der Waals surface area contributed by atoms with Crippen LogP contribution >= 0.6 is 11.8 Å². The second-order valence-electron chi connectivity index (χ2n) is 6.57. The van der Waals surface area contributed by atoms with E-state index in [0.717, 1.165) is 18.9 Å². The Hall–Kier alpha value is -3.36. The first kappa shape index (κ1) is 24.9. The van der Waals surface area contributed by atoms with Gasteiger partial charge in [-0.3, -0.25) is 14.4 Å². The first-order chi connectivity index (χ1) is 15.4. The summed E-state index contributed by atoms with van der Waals surface area (Å²) in [5.74, 6) is -4.62. The minimum Gasteiger partial charge on any atom is -0.468 e. The van der Waals surface area contributed by atoms with E-state index in [-0.39, 0.29) is 27.8 Å². The number of benzene rings is 1. The van der Waals surface area contributed by atoms with Crippen LogP contribution in [0.2, 0.25) is 0 Å². The van der Waals surface area contributed by atoms with Gasteiger partial charge in [-0.05, 0) is 17.7 Å². The summed E-state index contributed by atoms with van der Waals surface area (Å²) in [6.07, 6.45) is 0. The minimum atomic E-state index is -1.31. The number of rotatable bonds is 9. The molecule has 0 saturated heterocycles. The summed E-state index contributed by atoms with van der Waals surface area (Å²) in [7, 11) is 3.91. The van der Waals surface area contributed by atoms with Crippen LogP contribution in [0, 0.1) is 17.2 Å². The van der Waals surface area contributed by atoms with Crippen molar-refractivity contribution < 1.29 is 33.4 Å². The lowest BCUT2D eigenvalue weighted by Gasteiger charge is -2.31. The number of methoxy groups -OCH3 is 3. The highest BCUT2D eigenvalue weighted by molar-refractivity contribution is 8.03. The molecule has 0 radical (unpaired) electrons. The second kappa shape index (κ2) is 11.9. The fourth-order valence-electron chi connectivity index (χ4n) is 3.11. The molecule has 2 N–H and O–H groups in total. The maximum atomic E-state index is 12.8. The van der Waals surface area contributed by atoms with Gasteiger partial charge in [-0.25, -0.2) is 4.79 Å². The number of hydrogen-bond donors (Lipinski definition) is 2. The first-order valence-corrected chi connectivity index (χ1v) is 10.5. The maximum Gasteiger partial charge on any atom is 0.337 e. The molecule has 0 bridgehead atoms. The van der Waals surface area contributed by atoms with Gasteiger partial charge in [-0.15, -0.1) is 0 Å². The molecular formula is C21H23N3O7S. The van der Waals surface area contributed by atoms with Crippen LogP contribution in [0.15, 0.2) is 34.9 Å². The van der Waals surface area contributed by atoms with Crippen LogP contribution in [0.4, 0.5) is 0 Å². The molecule has 0 unspecified atom stereocenters. The van der Waals surface area contributed by atoms with E-state index in [9.17, 15) is 24.4 Å². The van der Waals surface area contributed by atoms with Gasteiger partial charge in [0, 0.05) is 19.6 Å². The van der Waals surface area contributed by atoms with Gasteiger partial charge in [0.1, 0.15) is 5.92 Å². The Labute approximate surface area is 189 Å². The van der Waals surface area contributed by atoms with Gasteiger partial charge in [-0.2, -0.15) is 5.26 Å². The number of allylic oxidation sites excluding steroid dienone is 1. The van der Waals surface area contributed by atoms with Gasteiger partial charge in [0.15, 0.2) is 0 Å². The quantitative estimate of drug-likeness (QED) is 0.308. The predicted molar refractivity (Wildman–Crippen MR) is 114 cm³/mol. The molecule has 2 atom stereocenters. The van der Waals surface area contributed by atoms with E-state index in [1.54, 1.807) is 12.1 Å². The Morgan fingerprint density at radius 1 is 1.16 bits per heavy atom. The molecule has 1 aliphatic heterocycles. The Morgan fingerprint density at radius 2 is 1.84 bits per heavy atom. The number of ether oxygens (including phenoxy) is 3. The van der Waals surface area contributed by atoms with Crippen LogP contribution in [0.3, 0.4) is 0 Å². The molecule has 0 saturated carbocycles. The highest BCUT2D eigenvalue weighted by Gasteiger charge is 2.44. The Kier molecular flexibility index (Phi) is 9.24. The molecule has 2 rings (SSSR count). The molecule has 11 heteroatoms. The lowest BCUT2D eigenvalue weighted by Crippen LogP contribution is -2.44. The Balaban J connectivity index is 2.39. The fourth-order valence-corrected chi connectivity index (χ4v) is 3.98. The summed E-state index contributed by atoms with van der Waals surface area (Å²) in [4.78, 5) is 48.9. The summed E-state index contributed by atoms with van der Waals surface area (Å²) in [5.41, 5.74) is 0.846. The van der Waals surface area contributed by atoms with Crippen LogP contribution in [-0.4, -0.2) is 64.0 Å². The summed E-state index contributed by atoms with van der Waals surface area (Å²) in [6, 6.07) is 8.10. The maximum absolute atomic E-state index is 12.8. The normalized spacial score (nSPS) is 17.8. The molecular weight excluding hydrogens is 438 g/mol. The molecule has 2 amide bonds. The Morgan fingerprint density at radius 3 is 2.41 bits per heavy atom. The molecule has 1 heterocycles. The van der Waals surface area contributed by atoms with Gasteiger partial charge >= 0.3 is 11.9 Å². The zero-order valence-electron chi connectivity index (χ0n) is 17.8. The van der Waals surface area contributed by atoms with Crippen LogP contribution in [0.25, 0.3) is 0 Å². The van der Waals surface area contributed by atoms with Gasteiger partial charge in [0.05, 0.1) is 48.8 Å². The molecule has 0 aromatic heterocycles. The van der Waals surface area contributed by atoms with E-state index in [0.29, 0.717) is 18.7 Å². The average molecular weight is 461 g/mol. The zero-order valence-corrected chi connectivity index (χ0v) is 18.6. The Bertz CT molecular complexity index is 953. The number of nitriles is 1. The highest BCUT2D eigenvalue weighted by Crippen LogP contribution is 2.40. The monoisotopic (exact) mass is 461 g/mol. The van der Waals surface area contributed by atoms with Crippen molar-refractivity contribution in [3.63, 3.8) is 0 Å². The van der Waals surface area contributed by atoms with Crippen molar-refractivity contribution >= 4 is 35.5 Å². The minimum absolute atomic E-state index is 0.0542. The van der Waals surface area contributed by atoms with Crippen molar-refractivity contribution in [1.29, 1.82) is 5.26 Å². The van der Waals surface area contributed by atoms with E-state index in [4.69, 9.17) is 9.47 Å². The number of amides is 2. The topological polar surface area (TPSA) is 144 Å². The molecule has 1 aromatic carbocycles. The van der Waals surface area contributed by atoms with E-state index < -0.39 is 29.7 Å². The lowest BCUT2D eigenvalue weighted by atomic mass is 9.78. The molecule has 170 valence electrons. The largest absolute Gasteiger partial charge is 0.468 e. The van der Waals surface area contributed by atoms with Crippen LogP contribution in [0.1, 0.15) is 21.8 Å². The summed E-state index contributed by atoms with van der Waals surface area (Å²) in [5, 5.41) is 15.2. The third-order valence-electron chi connectivity index (χ3n) is 4.65. The van der Waals surface area contributed by atoms with Gasteiger partial charge in [0.25, 0.3) is 0 Å². The molecule has 0 spiro atoms. The molecule has 1 aromatic rings. The number of carbonyl (C=O) groups excluding carboxylic acids is 4. The van der Waals surface area contributed by atoms with Crippen molar-refractivity contribution in [2.24, 2.45) is 5.92 Å². The van der Waals surface area contributed by atoms with Crippen molar-refractivity contribution in [2.75, 3.05) is 40.2 Å². The molecule has 0 fully saturated rings. The molecule has 32 heavy (non-hydrogen) atoms. The van der Waals surface area contributed by atoms with Gasteiger partial charge in [-0.1, -0.05) is 23.9 Å². The number of thioether (sulfide) groups is 1. The third-order valence-corrected chi connectivity index (χ3v) is 5.67. The van der Waals surface area contributed by atoms with Crippen molar-refractivity contribution in [3.05, 3.63) is 46.0 Å². The lowest BCUT2D eigenvalue weighted by molar-refractivity contribution is -0.150. The van der Waals surface area contributed by atoms with E-state index in [2.05, 4.69) is 15.4 Å². The number of nitrogens with zero attached hydrogens (tertiary/aromatic N) is 1. The number of carbonyl (C=O) groups is 4. The van der Waals surface area contributed by atoms with E-state index in [1.807, 2.05) is 6.07 Å². The first-order valence-electron chi connectivity index (χ1n) is 9.47. The average Bonchev–Trinajstić information content (AvgIpc) is 2.81. The standard InChI is InChI=1S/C21H23N3O7S/c1-29-9-8-23-15(25)11-32-19-14(10-22)16(17(18(26)24-19)21(28)31-3)12-4-6-13(7-5-12)20(27)30-2/h4-7,16-17H,8-9,11H2,1-3H3,(H,23,25)(H,24,26)/t16-,17-/m1/s1. The SMILES string of the molecule is COCCNC(=O)CSC1=C(C#N)[C@@H](c2ccc(C(=O)OC)cc2)[C@@H](C(=O)OC)C(=O)N1. The van der Waals surface area contributed by atoms with E-state index >= 15 is 0 Å². The smallest absolute Gasteiger partial charge is 0.337 e. The van der Waals surface area contributed by atoms with Crippen LogP contribution in [-0.2, 0) is 28.6 Å². The van der Waals surface area contributed by atoms with Crippen molar-refractivity contribution in [3.8, 4) is 6.07 Å². The molecule has 0 aliphatic carbocycles. The van der Waals surface area contributed by atoms with Crippen LogP contribution < -0.4 is 10.6 Å². The number of hydrogen-bond acceptors (Lipinski definition) is 9. The summed E-state index contributed by atoms with van der Waals surface area (Å²) in [6.45, 7) is 0.676. The van der Waals surface area contributed by atoms with Crippen molar-refractivity contribution in [2.45, 2.75) is 5.92 Å². The summed E-state index contributed by atoms with van der Waals surface area (Å²) < 4.78 is 14.3.